The summed E-state index contributed by atoms with van der Waals surface area (Å²) in [5.74, 6) is 0.768. The van der Waals surface area contributed by atoms with Crippen molar-refractivity contribution in [3.63, 3.8) is 0 Å². The maximum absolute atomic E-state index is 12.3. The number of thiazole rings is 1. The summed E-state index contributed by atoms with van der Waals surface area (Å²) in [6.45, 7) is 4.13. The van der Waals surface area contributed by atoms with Crippen LogP contribution in [-0.2, 0) is 11.2 Å². The number of aromatic nitrogens is 1. The van der Waals surface area contributed by atoms with Crippen molar-refractivity contribution in [1.82, 2.24) is 4.98 Å². The van der Waals surface area contributed by atoms with Crippen molar-refractivity contribution >= 4 is 22.4 Å². The fourth-order valence-corrected chi connectivity index (χ4v) is 3.53. The van der Waals surface area contributed by atoms with E-state index in [1.807, 2.05) is 29.6 Å². The van der Waals surface area contributed by atoms with Gasteiger partial charge in [-0.3, -0.25) is 4.79 Å². The lowest BCUT2D eigenvalue weighted by Crippen LogP contribution is -2.12. The van der Waals surface area contributed by atoms with E-state index in [0.29, 0.717) is 18.0 Å². The number of ether oxygens (including phenoxy) is 1. The summed E-state index contributed by atoms with van der Waals surface area (Å²) in [5.41, 5.74) is 5.41. The van der Waals surface area contributed by atoms with Crippen molar-refractivity contribution in [1.29, 1.82) is 0 Å². The lowest BCUT2D eigenvalue weighted by atomic mass is 10.0. The van der Waals surface area contributed by atoms with Crippen molar-refractivity contribution in [3.05, 3.63) is 64.5 Å². The zero-order valence-electron chi connectivity index (χ0n) is 15.2. The Labute approximate surface area is 157 Å². The second-order valence-electron chi connectivity index (χ2n) is 6.22. The molecule has 0 unspecified atom stereocenters. The number of benzene rings is 2. The van der Waals surface area contributed by atoms with Crippen LogP contribution in [0, 0.1) is 13.8 Å². The normalized spacial score (nSPS) is 10.6. The number of nitrogens with zero attached hydrogens (tertiary/aromatic N) is 1. The zero-order chi connectivity index (χ0) is 18.5. The first-order valence-corrected chi connectivity index (χ1v) is 9.39. The minimum Gasteiger partial charge on any atom is -0.496 e. The van der Waals surface area contributed by atoms with Crippen LogP contribution in [0.1, 0.15) is 23.1 Å². The Morgan fingerprint density at radius 1 is 1.19 bits per heavy atom. The van der Waals surface area contributed by atoms with Gasteiger partial charge in [0.15, 0.2) is 5.13 Å². The number of hydrogen-bond donors (Lipinski definition) is 1. The van der Waals surface area contributed by atoms with E-state index in [4.69, 9.17) is 4.74 Å². The molecule has 1 N–H and O–H groups in total. The molecule has 0 radical (unpaired) electrons. The highest BCUT2D eigenvalue weighted by molar-refractivity contribution is 7.14. The molecule has 0 aliphatic carbocycles. The van der Waals surface area contributed by atoms with Gasteiger partial charge < -0.3 is 10.1 Å². The number of carbonyl (C=O) groups excluding carboxylic acids is 1. The second kappa shape index (κ2) is 8.15. The number of methoxy groups -OCH3 is 1. The van der Waals surface area contributed by atoms with Crippen LogP contribution < -0.4 is 10.1 Å². The quantitative estimate of drug-likeness (QED) is 0.667. The Balaban J connectivity index is 1.64. The summed E-state index contributed by atoms with van der Waals surface area (Å²) in [6, 6.07) is 14.1. The van der Waals surface area contributed by atoms with E-state index in [9.17, 15) is 4.79 Å². The van der Waals surface area contributed by atoms with Gasteiger partial charge in [-0.1, -0.05) is 35.9 Å². The summed E-state index contributed by atoms with van der Waals surface area (Å²) in [5, 5.41) is 5.52. The predicted octanol–water partition coefficient (Wildman–Crippen LogP) is 5.01. The van der Waals surface area contributed by atoms with Crippen LogP contribution in [0.25, 0.3) is 11.3 Å². The van der Waals surface area contributed by atoms with Crippen molar-refractivity contribution < 1.29 is 9.53 Å². The van der Waals surface area contributed by atoms with Crippen LogP contribution in [0.5, 0.6) is 5.75 Å². The third-order valence-electron chi connectivity index (χ3n) is 4.23. The van der Waals surface area contributed by atoms with E-state index in [2.05, 4.69) is 42.3 Å². The van der Waals surface area contributed by atoms with Crippen LogP contribution in [0.15, 0.2) is 47.8 Å². The lowest BCUT2D eigenvalue weighted by Gasteiger charge is -2.07. The van der Waals surface area contributed by atoms with E-state index in [1.165, 1.54) is 22.5 Å². The second-order valence-corrected chi connectivity index (χ2v) is 7.07. The van der Waals surface area contributed by atoms with Crippen molar-refractivity contribution in [2.75, 3.05) is 12.4 Å². The Morgan fingerprint density at radius 3 is 2.81 bits per heavy atom. The molecule has 0 fully saturated rings. The fourth-order valence-electron chi connectivity index (χ4n) is 2.81. The molecule has 1 aromatic heterocycles. The summed E-state index contributed by atoms with van der Waals surface area (Å²) < 4.78 is 5.33. The molecule has 3 rings (SSSR count). The molecule has 0 saturated heterocycles. The van der Waals surface area contributed by atoms with Gasteiger partial charge in [0.25, 0.3) is 0 Å². The molecule has 134 valence electrons. The maximum Gasteiger partial charge on any atom is 0.226 e. The highest BCUT2D eigenvalue weighted by Crippen LogP contribution is 2.28. The molecule has 0 aliphatic heterocycles. The molecule has 1 heterocycles. The summed E-state index contributed by atoms with van der Waals surface area (Å²) in [6.07, 6.45) is 1.02. The number of carbonyl (C=O) groups is 1. The van der Waals surface area contributed by atoms with Crippen molar-refractivity contribution in [3.8, 4) is 17.0 Å². The molecule has 4 nitrogen and oxygen atoms in total. The van der Waals surface area contributed by atoms with Crippen LogP contribution in [0.3, 0.4) is 0 Å². The lowest BCUT2D eigenvalue weighted by molar-refractivity contribution is -0.116. The van der Waals surface area contributed by atoms with Gasteiger partial charge >= 0.3 is 0 Å². The number of hydrogen-bond acceptors (Lipinski definition) is 4. The minimum absolute atomic E-state index is 0.0437. The molecular formula is C21H22N2O2S. The van der Waals surface area contributed by atoms with Crippen molar-refractivity contribution in [2.45, 2.75) is 26.7 Å². The summed E-state index contributed by atoms with van der Waals surface area (Å²) >= 11 is 1.45. The SMILES string of the molecule is COc1ccccc1CCC(=O)Nc1nc(-c2cc(C)ccc2C)cs1. The van der Waals surface area contributed by atoms with E-state index >= 15 is 0 Å². The number of nitrogens with one attached hydrogen (secondary N) is 1. The number of rotatable bonds is 6. The number of aryl methyl sites for hydroxylation is 3. The average Bonchev–Trinajstić information content (AvgIpc) is 3.10. The van der Waals surface area contributed by atoms with E-state index < -0.39 is 0 Å². The van der Waals surface area contributed by atoms with Gasteiger partial charge in [-0.05, 0) is 43.5 Å². The average molecular weight is 366 g/mol. The van der Waals surface area contributed by atoms with Gasteiger partial charge in [0.2, 0.25) is 5.91 Å². The Morgan fingerprint density at radius 2 is 2.00 bits per heavy atom. The fraction of sp³-hybridized carbons (Fsp3) is 0.238. The molecule has 0 saturated carbocycles. The standard InChI is InChI=1S/C21H22N2O2S/c1-14-8-9-15(2)17(12-14)18-13-26-21(22-18)23-20(24)11-10-16-6-4-5-7-19(16)25-3/h4-9,12-13H,10-11H2,1-3H3,(H,22,23,24). The molecular weight excluding hydrogens is 344 g/mol. The van der Waals surface area contributed by atoms with Gasteiger partial charge in [0.05, 0.1) is 12.8 Å². The highest BCUT2D eigenvalue weighted by atomic mass is 32.1. The first kappa shape index (κ1) is 18.1. The number of amides is 1. The van der Waals surface area contributed by atoms with Crippen molar-refractivity contribution in [2.24, 2.45) is 0 Å². The first-order valence-electron chi connectivity index (χ1n) is 8.51. The van der Waals surface area contributed by atoms with Gasteiger partial charge in [0, 0.05) is 17.4 Å². The molecule has 5 heteroatoms. The molecule has 1 amide bonds. The van der Waals surface area contributed by atoms with Gasteiger partial charge in [-0.15, -0.1) is 11.3 Å². The maximum atomic E-state index is 12.3. The molecule has 0 spiro atoms. The largest absolute Gasteiger partial charge is 0.496 e. The predicted molar refractivity (Wildman–Crippen MR) is 107 cm³/mol. The molecule has 26 heavy (non-hydrogen) atoms. The monoisotopic (exact) mass is 366 g/mol. The summed E-state index contributed by atoms with van der Waals surface area (Å²) in [4.78, 5) is 16.8. The molecule has 0 atom stereocenters. The Hall–Kier alpha value is -2.66. The zero-order valence-corrected chi connectivity index (χ0v) is 16.0. The van der Waals surface area contributed by atoms with E-state index in [0.717, 1.165) is 22.6 Å². The molecule has 0 aliphatic rings. The van der Waals surface area contributed by atoms with Crippen LogP contribution in [-0.4, -0.2) is 18.0 Å². The van der Waals surface area contributed by atoms with Gasteiger partial charge in [0.1, 0.15) is 5.75 Å². The molecule has 3 aromatic rings. The molecule has 0 bridgehead atoms. The van der Waals surface area contributed by atoms with E-state index in [1.54, 1.807) is 7.11 Å². The van der Waals surface area contributed by atoms with Crippen LogP contribution in [0.2, 0.25) is 0 Å². The van der Waals surface area contributed by atoms with E-state index in [-0.39, 0.29) is 5.91 Å². The number of para-hydroxylation sites is 1. The highest BCUT2D eigenvalue weighted by Gasteiger charge is 2.11. The summed E-state index contributed by atoms with van der Waals surface area (Å²) in [7, 11) is 1.64. The van der Waals surface area contributed by atoms with Gasteiger partial charge in [-0.2, -0.15) is 0 Å². The van der Waals surface area contributed by atoms with Gasteiger partial charge in [-0.25, -0.2) is 4.98 Å². The number of anilines is 1. The smallest absolute Gasteiger partial charge is 0.226 e. The van der Waals surface area contributed by atoms with Crippen LogP contribution in [0.4, 0.5) is 5.13 Å². The first-order chi connectivity index (χ1) is 12.6. The Bertz CT molecular complexity index is 918. The topological polar surface area (TPSA) is 51.2 Å². The van der Waals surface area contributed by atoms with Crippen LogP contribution >= 0.6 is 11.3 Å². The Kier molecular flexibility index (Phi) is 5.68. The third-order valence-corrected chi connectivity index (χ3v) is 4.99. The third kappa shape index (κ3) is 4.29. The molecule has 2 aromatic carbocycles. The minimum atomic E-state index is -0.0437.